The highest BCUT2D eigenvalue weighted by molar-refractivity contribution is 5.98. The van der Waals surface area contributed by atoms with Crippen LogP contribution in [0.4, 0.5) is 10.1 Å². The molecule has 0 fully saturated rings. The topological polar surface area (TPSA) is 52.3 Å². The molecule has 70 valence electrons. The van der Waals surface area contributed by atoms with Crippen LogP contribution in [0.15, 0.2) is 18.2 Å². The molecule has 0 atom stereocenters. The summed E-state index contributed by atoms with van der Waals surface area (Å²) in [6.07, 6.45) is 0. The van der Waals surface area contributed by atoms with E-state index >= 15 is 0 Å². The molecule has 1 rings (SSSR count). The molecule has 0 aliphatic carbocycles. The molecule has 1 aromatic carbocycles. The van der Waals surface area contributed by atoms with E-state index in [0.29, 0.717) is 0 Å². The Morgan fingerprint density at radius 1 is 1.62 bits per heavy atom. The van der Waals surface area contributed by atoms with Gasteiger partial charge in [0, 0.05) is 7.11 Å². The number of carbonyl (C=O) groups excluding carboxylic acids is 1. The van der Waals surface area contributed by atoms with Crippen LogP contribution in [-0.2, 0) is 4.74 Å². The Kier molecular flexibility index (Phi) is 2.97. The van der Waals surface area contributed by atoms with Crippen LogP contribution in [-0.4, -0.2) is 19.5 Å². The Hall–Kier alpha value is -1.42. The van der Waals surface area contributed by atoms with Gasteiger partial charge in [-0.2, -0.15) is 0 Å². The number of halogens is 1. The van der Waals surface area contributed by atoms with Crippen LogP contribution < -0.4 is 5.73 Å². The van der Waals surface area contributed by atoms with Gasteiger partial charge in [-0.15, -0.1) is 0 Å². The summed E-state index contributed by atoms with van der Waals surface area (Å²) in [5.41, 5.74) is 5.23. The average Bonchev–Trinajstić information content (AvgIpc) is 2.10. The maximum Gasteiger partial charge on any atom is 0.191 e. The third-order valence-corrected chi connectivity index (χ3v) is 1.60. The molecule has 3 nitrogen and oxygen atoms in total. The predicted molar refractivity (Wildman–Crippen MR) is 47.0 cm³/mol. The second-order valence-electron chi connectivity index (χ2n) is 2.56. The van der Waals surface area contributed by atoms with Gasteiger partial charge in [0.15, 0.2) is 11.6 Å². The van der Waals surface area contributed by atoms with Crippen molar-refractivity contribution in [1.82, 2.24) is 0 Å². The van der Waals surface area contributed by atoms with Gasteiger partial charge in [0.1, 0.15) is 6.61 Å². The number of methoxy groups -OCH3 is 1. The van der Waals surface area contributed by atoms with E-state index in [2.05, 4.69) is 4.74 Å². The Bertz CT molecular complexity index is 325. The van der Waals surface area contributed by atoms with Crippen LogP contribution in [0, 0.1) is 5.82 Å². The number of Topliss-reactive ketones (excluding diaryl/α,β-unsaturated/α-hetero) is 1. The summed E-state index contributed by atoms with van der Waals surface area (Å²) in [6, 6.07) is 4.31. The van der Waals surface area contributed by atoms with E-state index in [1.54, 1.807) is 0 Å². The largest absolute Gasteiger partial charge is 0.396 e. The van der Waals surface area contributed by atoms with E-state index in [0.717, 1.165) is 0 Å². The first-order valence-electron chi connectivity index (χ1n) is 3.73. The minimum Gasteiger partial charge on any atom is -0.396 e. The van der Waals surface area contributed by atoms with E-state index < -0.39 is 11.6 Å². The Labute approximate surface area is 75.3 Å². The quantitative estimate of drug-likeness (QED) is 0.566. The van der Waals surface area contributed by atoms with Crippen molar-refractivity contribution in [2.24, 2.45) is 0 Å². The van der Waals surface area contributed by atoms with Crippen LogP contribution in [0.1, 0.15) is 10.4 Å². The van der Waals surface area contributed by atoms with E-state index in [1.807, 2.05) is 0 Å². The summed E-state index contributed by atoms with van der Waals surface area (Å²) in [7, 11) is 1.38. The molecule has 0 aliphatic rings. The number of ether oxygens (including phenoxy) is 1. The van der Waals surface area contributed by atoms with Crippen LogP contribution >= 0.6 is 0 Å². The maximum atomic E-state index is 13.2. The number of rotatable bonds is 3. The van der Waals surface area contributed by atoms with Gasteiger partial charge in [-0.05, 0) is 12.1 Å². The fraction of sp³-hybridized carbons (Fsp3) is 0.222. The van der Waals surface area contributed by atoms with Crippen molar-refractivity contribution < 1.29 is 13.9 Å². The van der Waals surface area contributed by atoms with E-state index in [1.165, 1.54) is 25.3 Å². The maximum absolute atomic E-state index is 13.2. The van der Waals surface area contributed by atoms with Crippen molar-refractivity contribution in [2.45, 2.75) is 0 Å². The Morgan fingerprint density at radius 2 is 2.31 bits per heavy atom. The van der Waals surface area contributed by atoms with Crippen molar-refractivity contribution in [3.63, 3.8) is 0 Å². The zero-order valence-corrected chi connectivity index (χ0v) is 7.21. The molecule has 0 amide bonds. The lowest BCUT2D eigenvalue weighted by molar-refractivity contribution is 0.0844. The second-order valence-corrected chi connectivity index (χ2v) is 2.56. The van der Waals surface area contributed by atoms with Crippen LogP contribution in [0.5, 0.6) is 0 Å². The second kappa shape index (κ2) is 4.00. The summed E-state index contributed by atoms with van der Waals surface area (Å²) in [5, 5.41) is 0. The molecule has 0 saturated carbocycles. The normalized spacial score (nSPS) is 10.0. The van der Waals surface area contributed by atoms with Gasteiger partial charge in [0.2, 0.25) is 0 Å². The molecule has 0 radical (unpaired) electrons. The third kappa shape index (κ3) is 2.03. The average molecular weight is 183 g/mol. The molecule has 0 bridgehead atoms. The molecular weight excluding hydrogens is 173 g/mol. The lowest BCUT2D eigenvalue weighted by Gasteiger charge is -2.02. The highest BCUT2D eigenvalue weighted by Gasteiger charge is 2.12. The first-order valence-corrected chi connectivity index (χ1v) is 3.73. The van der Waals surface area contributed by atoms with Crippen LogP contribution in [0.25, 0.3) is 0 Å². The van der Waals surface area contributed by atoms with Gasteiger partial charge in [-0.25, -0.2) is 4.39 Å². The monoisotopic (exact) mass is 183 g/mol. The smallest absolute Gasteiger partial charge is 0.191 e. The van der Waals surface area contributed by atoms with Gasteiger partial charge in [0.25, 0.3) is 0 Å². The van der Waals surface area contributed by atoms with Gasteiger partial charge >= 0.3 is 0 Å². The molecule has 4 heteroatoms. The molecule has 1 aromatic rings. The summed E-state index contributed by atoms with van der Waals surface area (Å²) >= 11 is 0. The number of hydrogen-bond acceptors (Lipinski definition) is 3. The highest BCUT2D eigenvalue weighted by Crippen LogP contribution is 2.14. The lowest BCUT2D eigenvalue weighted by atomic mass is 10.1. The van der Waals surface area contributed by atoms with Gasteiger partial charge in [-0.3, -0.25) is 4.79 Å². The Morgan fingerprint density at radius 3 is 2.92 bits per heavy atom. The number of nitrogens with two attached hydrogens (primary N) is 1. The molecule has 13 heavy (non-hydrogen) atoms. The molecular formula is C9H10FNO2. The summed E-state index contributed by atoms with van der Waals surface area (Å²) in [6.45, 7) is -0.139. The van der Waals surface area contributed by atoms with Gasteiger partial charge < -0.3 is 10.5 Å². The SMILES string of the molecule is COCC(=O)c1cccc(N)c1F. The molecule has 0 saturated heterocycles. The third-order valence-electron chi connectivity index (χ3n) is 1.60. The number of ketones is 1. The fourth-order valence-corrected chi connectivity index (χ4v) is 0.974. The minimum atomic E-state index is -0.676. The van der Waals surface area contributed by atoms with Crippen molar-refractivity contribution in [3.05, 3.63) is 29.6 Å². The molecule has 0 heterocycles. The van der Waals surface area contributed by atoms with E-state index in [9.17, 15) is 9.18 Å². The summed E-state index contributed by atoms with van der Waals surface area (Å²) in [5.74, 6) is -1.09. The first-order chi connectivity index (χ1) is 6.16. The number of anilines is 1. The highest BCUT2D eigenvalue weighted by atomic mass is 19.1. The molecule has 0 aliphatic heterocycles. The van der Waals surface area contributed by atoms with E-state index in [4.69, 9.17) is 5.73 Å². The van der Waals surface area contributed by atoms with Crippen molar-refractivity contribution >= 4 is 11.5 Å². The standard InChI is InChI=1S/C9H10FNO2/c1-13-5-8(12)6-3-2-4-7(11)9(6)10/h2-4H,5,11H2,1H3. The number of carbonyl (C=O) groups is 1. The van der Waals surface area contributed by atoms with Crippen molar-refractivity contribution in [2.75, 3.05) is 19.5 Å². The minimum absolute atomic E-state index is 0.0260. The van der Waals surface area contributed by atoms with Crippen molar-refractivity contribution in [3.8, 4) is 0 Å². The number of nitrogen functional groups attached to an aromatic ring is 1. The first kappa shape index (κ1) is 9.67. The van der Waals surface area contributed by atoms with Crippen LogP contribution in [0.3, 0.4) is 0 Å². The number of hydrogen-bond donors (Lipinski definition) is 1. The predicted octanol–water partition coefficient (Wildman–Crippen LogP) is 1.24. The molecule has 0 aromatic heterocycles. The van der Waals surface area contributed by atoms with Gasteiger partial charge in [-0.1, -0.05) is 6.07 Å². The van der Waals surface area contributed by atoms with Crippen molar-refractivity contribution in [1.29, 1.82) is 0 Å². The fourth-order valence-electron chi connectivity index (χ4n) is 0.974. The zero-order valence-electron chi connectivity index (χ0n) is 7.21. The summed E-state index contributed by atoms with van der Waals surface area (Å²) in [4.78, 5) is 11.2. The Balaban J connectivity index is 3.01. The lowest BCUT2D eigenvalue weighted by Crippen LogP contribution is -2.10. The molecule has 0 spiro atoms. The van der Waals surface area contributed by atoms with E-state index in [-0.39, 0.29) is 17.9 Å². The van der Waals surface area contributed by atoms with Crippen LogP contribution in [0.2, 0.25) is 0 Å². The number of benzene rings is 1. The van der Waals surface area contributed by atoms with Gasteiger partial charge in [0.05, 0.1) is 11.3 Å². The summed E-state index contributed by atoms with van der Waals surface area (Å²) < 4.78 is 17.8. The molecule has 0 unspecified atom stereocenters. The molecule has 2 N–H and O–H groups in total. The zero-order chi connectivity index (χ0) is 9.84.